The topological polar surface area (TPSA) is 133 Å². The quantitative estimate of drug-likeness (QED) is 0.300. The van der Waals surface area contributed by atoms with Gasteiger partial charge in [0.25, 0.3) is 5.91 Å². The second kappa shape index (κ2) is 11.9. The molecule has 2 aromatic heterocycles. The summed E-state index contributed by atoms with van der Waals surface area (Å²) in [6, 6.07) is 7.73. The Morgan fingerprint density at radius 3 is 2.97 bits per heavy atom. The van der Waals surface area contributed by atoms with E-state index in [0.717, 1.165) is 43.7 Å². The normalized spacial score (nSPS) is 19.8. The van der Waals surface area contributed by atoms with Crippen molar-refractivity contribution in [2.45, 2.75) is 51.5 Å². The van der Waals surface area contributed by atoms with Crippen LogP contribution < -0.4 is 15.4 Å². The van der Waals surface area contributed by atoms with Crippen LogP contribution >= 0.6 is 0 Å². The Bertz CT molecular complexity index is 1230. The summed E-state index contributed by atoms with van der Waals surface area (Å²) in [6.45, 7) is 4.82. The molecule has 202 valence electrons. The number of rotatable bonds is 11. The molecule has 0 spiro atoms. The van der Waals surface area contributed by atoms with Crippen LogP contribution in [-0.2, 0) is 19.6 Å². The minimum atomic E-state index is -0.684. The van der Waals surface area contributed by atoms with Crippen LogP contribution in [0.15, 0.2) is 47.5 Å². The Balaban J connectivity index is 1.08. The average molecular weight is 522 g/mol. The van der Waals surface area contributed by atoms with Crippen LogP contribution in [0, 0.1) is 12.8 Å². The fourth-order valence-electron chi connectivity index (χ4n) is 5.19. The van der Waals surface area contributed by atoms with Crippen LogP contribution in [-0.4, -0.2) is 69.4 Å². The molecule has 1 fully saturated rings. The van der Waals surface area contributed by atoms with Crippen molar-refractivity contribution in [3.63, 3.8) is 0 Å². The highest BCUT2D eigenvalue weighted by molar-refractivity contribution is 5.94. The SMILES string of the molecule is Cc1c(OCc2cnco2)ccc2c1CCN(C[C@@H](O)CNC(=O)c1ccnc(N[C@H]3C[C@H](CO)C3)c1)C2. The van der Waals surface area contributed by atoms with E-state index in [0.29, 0.717) is 36.2 Å². The molecular weight excluding hydrogens is 486 g/mol. The highest BCUT2D eigenvalue weighted by Gasteiger charge is 2.28. The molecule has 1 aromatic carbocycles. The van der Waals surface area contributed by atoms with Crippen LogP contribution in [0.5, 0.6) is 5.75 Å². The van der Waals surface area contributed by atoms with Gasteiger partial charge < -0.3 is 30.0 Å². The van der Waals surface area contributed by atoms with Crippen molar-refractivity contribution >= 4 is 11.7 Å². The van der Waals surface area contributed by atoms with Crippen LogP contribution in [0.2, 0.25) is 0 Å². The summed E-state index contributed by atoms with van der Waals surface area (Å²) in [7, 11) is 0. The molecule has 0 radical (unpaired) electrons. The highest BCUT2D eigenvalue weighted by atomic mass is 16.5. The number of carbonyl (C=O) groups is 1. The maximum Gasteiger partial charge on any atom is 0.251 e. The fraction of sp³-hybridized carbons (Fsp3) is 0.464. The van der Waals surface area contributed by atoms with Gasteiger partial charge in [0.2, 0.25) is 0 Å². The van der Waals surface area contributed by atoms with Crippen LogP contribution in [0.3, 0.4) is 0 Å². The van der Waals surface area contributed by atoms with Gasteiger partial charge >= 0.3 is 0 Å². The standard InChI is InChI=1S/C28H35N5O5/c1-18-25-5-7-33(13-21(25)2-3-26(18)37-16-24-12-29-17-38-24)14-23(35)11-31-28(36)20-4-6-30-27(10-20)32-22-8-19(9-22)15-34/h2-4,6,10,12,17,19,22-23,34-35H,5,7-9,11,13-16H2,1H3,(H,30,32)(H,31,36)/t19-,22-,23-/m0/s1. The lowest BCUT2D eigenvalue weighted by atomic mass is 9.81. The van der Waals surface area contributed by atoms with E-state index < -0.39 is 6.10 Å². The molecule has 5 rings (SSSR count). The Morgan fingerprint density at radius 1 is 1.32 bits per heavy atom. The number of anilines is 1. The zero-order valence-electron chi connectivity index (χ0n) is 21.6. The highest BCUT2D eigenvalue weighted by Crippen LogP contribution is 2.30. The van der Waals surface area contributed by atoms with Gasteiger partial charge in [0, 0.05) is 50.6 Å². The number of nitrogens with zero attached hydrogens (tertiary/aromatic N) is 3. The Morgan fingerprint density at radius 2 is 2.18 bits per heavy atom. The Labute approximate surface area is 222 Å². The molecule has 0 bridgehead atoms. The number of nitrogens with one attached hydrogen (secondary N) is 2. The number of ether oxygens (including phenoxy) is 1. The maximum atomic E-state index is 12.7. The zero-order chi connectivity index (χ0) is 26.5. The van der Waals surface area contributed by atoms with Gasteiger partial charge in [-0.3, -0.25) is 9.69 Å². The number of amides is 1. The summed E-state index contributed by atoms with van der Waals surface area (Å²) < 4.78 is 11.2. The van der Waals surface area contributed by atoms with Crippen molar-refractivity contribution in [1.82, 2.24) is 20.2 Å². The first-order chi connectivity index (χ1) is 18.5. The number of hydrogen-bond donors (Lipinski definition) is 4. The van der Waals surface area contributed by atoms with Crippen molar-refractivity contribution in [3.8, 4) is 5.75 Å². The largest absolute Gasteiger partial charge is 0.485 e. The van der Waals surface area contributed by atoms with Gasteiger partial charge in [0.1, 0.15) is 18.2 Å². The van der Waals surface area contributed by atoms with E-state index in [1.807, 2.05) is 6.07 Å². The molecule has 0 saturated heterocycles. The third-order valence-corrected chi connectivity index (χ3v) is 7.41. The number of oxazole rings is 1. The molecule has 1 saturated carbocycles. The summed E-state index contributed by atoms with van der Waals surface area (Å²) >= 11 is 0. The predicted molar refractivity (Wildman–Crippen MR) is 141 cm³/mol. The first-order valence-corrected chi connectivity index (χ1v) is 13.1. The van der Waals surface area contributed by atoms with Gasteiger partial charge in [-0.05, 0) is 67.0 Å². The first-order valence-electron chi connectivity index (χ1n) is 13.1. The molecule has 1 aliphatic heterocycles. The molecule has 38 heavy (non-hydrogen) atoms. The summed E-state index contributed by atoms with van der Waals surface area (Å²) in [5, 5.41) is 26.0. The lowest BCUT2D eigenvalue weighted by molar-refractivity contribution is 0.0841. The molecule has 1 atom stereocenters. The summed E-state index contributed by atoms with van der Waals surface area (Å²) in [5.74, 6) is 2.27. The van der Waals surface area contributed by atoms with Crippen LogP contribution in [0.1, 0.15) is 45.7 Å². The second-order valence-corrected chi connectivity index (χ2v) is 10.2. The number of β-amino-alcohol motifs (C(OH)–C–C–N with tert-alkyl or cyclic N) is 1. The second-order valence-electron chi connectivity index (χ2n) is 10.2. The van der Waals surface area contributed by atoms with Gasteiger partial charge in [-0.1, -0.05) is 6.07 Å². The molecule has 3 aromatic rings. The van der Waals surface area contributed by atoms with Crippen molar-refractivity contribution in [3.05, 3.63) is 71.1 Å². The molecule has 2 aliphatic rings. The van der Waals surface area contributed by atoms with E-state index in [4.69, 9.17) is 9.15 Å². The number of aromatic nitrogens is 2. The van der Waals surface area contributed by atoms with Crippen LogP contribution in [0.25, 0.3) is 0 Å². The molecular formula is C28H35N5O5. The van der Waals surface area contributed by atoms with Crippen LogP contribution in [0.4, 0.5) is 5.82 Å². The fourth-order valence-corrected chi connectivity index (χ4v) is 5.19. The number of pyridine rings is 1. The molecule has 0 unspecified atom stereocenters. The lowest BCUT2D eigenvalue weighted by Gasteiger charge is -2.34. The molecule has 1 aliphatic carbocycles. The Hall–Kier alpha value is -3.47. The van der Waals surface area contributed by atoms with Gasteiger partial charge in [-0.25, -0.2) is 9.97 Å². The molecule has 1 amide bonds. The van der Waals surface area contributed by atoms with E-state index in [2.05, 4.69) is 38.5 Å². The summed E-state index contributed by atoms with van der Waals surface area (Å²) in [6.07, 6.45) is 6.64. The summed E-state index contributed by atoms with van der Waals surface area (Å²) in [4.78, 5) is 23.1. The van der Waals surface area contributed by atoms with Gasteiger partial charge in [-0.15, -0.1) is 0 Å². The number of fused-ring (bicyclic) bond motifs is 1. The Kier molecular flexibility index (Phi) is 8.21. The number of hydrogen-bond acceptors (Lipinski definition) is 9. The molecule has 3 heterocycles. The van der Waals surface area contributed by atoms with Crippen molar-refractivity contribution in [2.24, 2.45) is 5.92 Å². The maximum absolute atomic E-state index is 12.7. The minimum absolute atomic E-state index is 0.168. The van der Waals surface area contributed by atoms with Gasteiger partial charge in [0.05, 0.1) is 12.3 Å². The summed E-state index contributed by atoms with van der Waals surface area (Å²) in [5.41, 5.74) is 4.14. The van der Waals surface area contributed by atoms with E-state index in [1.165, 1.54) is 17.5 Å². The van der Waals surface area contributed by atoms with Crippen molar-refractivity contribution in [2.75, 3.05) is 31.6 Å². The number of carbonyl (C=O) groups excluding carboxylic acids is 1. The number of aliphatic hydroxyl groups excluding tert-OH is 2. The van der Waals surface area contributed by atoms with Crippen molar-refractivity contribution in [1.29, 1.82) is 0 Å². The predicted octanol–water partition coefficient (Wildman–Crippen LogP) is 2.29. The third kappa shape index (κ3) is 6.32. The number of aliphatic hydroxyl groups is 2. The first kappa shape index (κ1) is 26.1. The molecule has 10 nitrogen and oxygen atoms in total. The van der Waals surface area contributed by atoms with E-state index in [9.17, 15) is 15.0 Å². The molecule has 4 N–H and O–H groups in total. The van der Waals surface area contributed by atoms with Crippen molar-refractivity contribution < 1.29 is 24.2 Å². The minimum Gasteiger partial charge on any atom is -0.485 e. The monoisotopic (exact) mass is 521 g/mol. The van der Waals surface area contributed by atoms with E-state index in [1.54, 1.807) is 24.5 Å². The molecule has 10 heteroatoms. The van der Waals surface area contributed by atoms with E-state index in [-0.39, 0.29) is 25.1 Å². The average Bonchev–Trinajstić information content (AvgIpc) is 3.42. The third-order valence-electron chi connectivity index (χ3n) is 7.41. The van der Waals surface area contributed by atoms with E-state index >= 15 is 0 Å². The van der Waals surface area contributed by atoms with Gasteiger partial charge in [0.15, 0.2) is 12.2 Å². The zero-order valence-corrected chi connectivity index (χ0v) is 21.6. The van der Waals surface area contributed by atoms with Gasteiger partial charge in [-0.2, -0.15) is 0 Å². The smallest absolute Gasteiger partial charge is 0.251 e. The number of benzene rings is 1. The lowest BCUT2D eigenvalue weighted by Crippen LogP contribution is -2.42.